The molecular formula is C19H18N2O2. The minimum Gasteiger partial charge on any atom is -0.361 e. The van der Waals surface area contributed by atoms with Crippen LogP contribution in [0.15, 0.2) is 53.2 Å². The van der Waals surface area contributed by atoms with Gasteiger partial charge in [-0.15, -0.1) is 0 Å². The lowest BCUT2D eigenvalue weighted by molar-refractivity contribution is 0.0980. The zero-order chi connectivity index (χ0) is 16.2. The van der Waals surface area contributed by atoms with Crippen molar-refractivity contribution in [2.45, 2.75) is 26.7 Å². The molecule has 0 amide bonds. The summed E-state index contributed by atoms with van der Waals surface area (Å²) in [5.41, 5.74) is 4.53. The second-order valence-corrected chi connectivity index (χ2v) is 5.66. The van der Waals surface area contributed by atoms with Gasteiger partial charge in [0.2, 0.25) is 0 Å². The third kappa shape index (κ3) is 3.72. The topological polar surface area (TPSA) is 56.0 Å². The molecule has 3 aromatic rings. The molecule has 2 aromatic heterocycles. The first-order valence-corrected chi connectivity index (χ1v) is 7.60. The van der Waals surface area contributed by atoms with Crippen LogP contribution in [0.1, 0.15) is 33.8 Å². The quantitative estimate of drug-likeness (QED) is 0.664. The molecule has 0 aliphatic rings. The van der Waals surface area contributed by atoms with E-state index in [1.807, 2.05) is 50.2 Å². The summed E-state index contributed by atoms with van der Waals surface area (Å²) in [6.07, 6.45) is 2.54. The molecule has 3 rings (SSSR count). The molecule has 0 radical (unpaired) electrons. The zero-order valence-electron chi connectivity index (χ0n) is 13.2. The molecule has 0 bridgehead atoms. The molecule has 0 saturated carbocycles. The molecule has 23 heavy (non-hydrogen) atoms. The number of aromatic nitrogens is 2. The van der Waals surface area contributed by atoms with Crippen LogP contribution >= 0.6 is 0 Å². The molecule has 1 aromatic carbocycles. The molecule has 0 saturated heterocycles. The summed E-state index contributed by atoms with van der Waals surface area (Å²) in [7, 11) is 0. The van der Waals surface area contributed by atoms with E-state index in [0.717, 1.165) is 22.7 Å². The highest BCUT2D eigenvalue weighted by molar-refractivity contribution is 5.95. The molecule has 0 aliphatic heterocycles. The number of hydrogen-bond donors (Lipinski definition) is 0. The van der Waals surface area contributed by atoms with E-state index in [1.54, 1.807) is 6.20 Å². The van der Waals surface area contributed by atoms with E-state index >= 15 is 0 Å². The van der Waals surface area contributed by atoms with E-state index in [9.17, 15) is 4.79 Å². The number of carbonyl (C=O) groups is 1. The van der Waals surface area contributed by atoms with Crippen molar-refractivity contribution in [2.75, 3.05) is 0 Å². The average molecular weight is 306 g/mol. The summed E-state index contributed by atoms with van der Waals surface area (Å²) >= 11 is 0. The summed E-state index contributed by atoms with van der Waals surface area (Å²) < 4.78 is 5.35. The van der Waals surface area contributed by atoms with Crippen LogP contribution in [0.3, 0.4) is 0 Å². The summed E-state index contributed by atoms with van der Waals surface area (Å²) in [5.74, 6) is 0.779. The first-order valence-electron chi connectivity index (χ1n) is 7.60. The molecule has 0 fully saturated rings. The van der Waals surface area contributed by atoms with Crippen molar-refractivity contribution in [1.29, 1.82) is 0 Å². The van der Waals surface area contributed by atoms with Gasteiger partial charge in [-0.3, -0.25) is 9.78 Å². The van der Waals surface area contributed by atoms with Gasteiger partial charge in [-0.2, -0.15) is 0 Å². The van der Waals surface area contributed by atoms with Gasteiger partial charge in [0, 0.05) is 41.9 Å². The lowest BCUT2D eigenvalue weighted by Crippen LogP contribution is -2.01. The van der Waals surface area contributed by atoms with Crippen LogP contribution in [0.25, 0.3) is 11.3 Å². The lowest BCUT2D eigenvalue weighted by atomic mass is 10.1. The summed E-state index contributed by atoms with van der Waals surface area (Å²) in [5, 5.41) is 4.09. The average Bonchev–Trinajstić information content (AvgIpc) is 3.02. The second-order valence-electron chi connectivity index (χ2n) is 5.66. The Kier molecular flexibility index (Phi) is 4.33. The number of pyridine rings is 1. The smallest absolute Gasteiger partial charge is 0.164 e. The van der Waals surface area contributed by atoms with E-state index in [1.165, 1.54) is 5.56 Å². The monoisotopic (exact) mass is 306 g/mol. The molecular weight excluding hydrogens is 288 g/mol. The van der Waals surface area contributed by atoms with Gasteiger partial charge in [0.25, 0.3) is 0 Å². The van der Waals surface area contributed by atoms with E-state index in [-0.39, 0.29) is 5.78 Å². The number of carbonyl (C=O) groups excluding carboxylic acids is 1. The number of rotatable bonds is 5. The van der Waals surface area contributed by atoms with Crippen LogP contribution in [0.2, 0.25) is 0 Å². The maximum Gasteiger partial charge on any atom is 0.164 e. The first-order chi connectivity index (χ1) is 11.1. The number of ketones is 1. The van der Waals surface area contributed by atoms with Gasteiger partial charge in [0.1, 0.15) is 11.5 Å². The van der Waals surface area contributed by atoms with Gasteiger partial charge >= 0.3 is 0 Å². The fourth-order valence-electron chi connectivity index (χ4n) is 2.39. The molecule has 0 N–H and O–H groups in total. The van der Waals surface area contributed by atoms with Crippen LogP contribution in [0.4, 0.5) is 0 Å². The Hall–Kier alpha value is -2.75. The summed E-state index contributed by atoms with van der Waals surface area (Å²) in [4.78, 5) is 16.3. The van der Waals surface area contributed by atoms with Gasteiger partial charge in [-0.05, 0) is 32.0 Å². The van der Waals surface area contributed by atoms with E-state index < -0.39 is 0 Å². The third-order valence-electron chi connectivity index (χ3n) is 3.70. The van der Waals surface area contributed by atoms with Crippen molar-refractivity contribution in [3.63, 3.8) is 0 Å². The maximum absolute atomic E-state index is 12.1. The summed E-state index contributed by atoms with van der Waals surface area (Å²) in [6.45, 7) is 3.94. The number of hydrogen-bond acceptors (Lipinski definition) is 4. The standard InChI is InChI=1S/C19H18N2O2/c1-13-4-3-5-15(10-13)18-11-17(23-21-18)8-9-19(22)16-7-6-14(2)20-12-16/h3-7,10-12H,8-9H2,1-2H3. The molecule has 2 heterocycles. The maximum atomic E-state index is 12.1. The first kappa shape index (κ1) is 15.2. The zero-order valence-corrected chi connectivity index (χ0v) is 13.2. The fraction of sp³-hybridized carbons (Fsp3) is 0.211. The van der Waals surface area contributed by atoms with Crippen LogP contribution in [0.5, 0.6) is 0 Å². The van der Waals surface area contributed by atoms with Gasteiger partial charge in [-0.1, -0.05) is 28.9 Å². The summed E-state index contributed by atoms with van der Waals surface area (Å²) in [6, 6.07) is 13.6. The van der Waals surface area contributed by atoms with Gasteiger partial charge in [0.15, 0.2) is 5.78 Å². The van der Waals surface area contributed by atoms with Gasteiger partial charge in [-0.25, -0.2) is 0 Å². The van der Waals surface area contributed by atoms with Gasteiger partial charge in [0.05, 0.1) is 0 Å². The van der Waals surface area contributed by atoms with Crippen molar-refractivity contribution in [1.82, 2.24) is 10.1 Å². The SMILES string of the molecule is Cc1cccc(-c2cc(CCC(=O)c3ccc(C)nc3)on2)c1. The Balaban J connectivity index is 1.65. The number of aryl methyl sites for hydroxylation is 3. The number of Topliss-reactive ketones (excluding diaryl/α,β-unsaturated/α-hetero) is 1. The molecule has 0 unspecified atom stereocenters. The Bertz CT molecular complexity index is 819. The number of nitrogens with zero attached hydrogens (tertiary/aromatic N) is 2. The van der Waals surface area contributed by atoms with Crippen LogP contribution in [-0.2, 0) is 6.42 Å². The highest BCUT2D eigenvalue weighted by Crippen LogP contribution is 2.21. The molecule has 116 valence electrons. The van der Waals surface area contributed by atoms with E-state index in [0.29, 0.717) is 18.4 Å². The minimum absolute atomic E-state index is 0.0611. The molecule has 4 nitrogen and oxygen atoms in total. The Morgan fingerprint density at radius 1 is 1.13 bits per heavy atom. The molecule has 0 atom stereocenters. The van der Waals surface area contributed by atoms with Crippen LogP contribution in [-0.4, -0.2) is 15.9 Å². The Labute approximate surface area is 135 Å². The van der Waals surface area contributed by atoms with E-state index in [2.05, 4.69) is 16.2 Å². The second kappa shape index (κ2) is 6.57. The van der Waals surface area contributed by atoms with Crippen LogP contribution in [0, 0.1) is 13.8 Å². The Morgan fingerprint density at radius 3 is 2.74 bits per heavy atom. The Morgan fingerprint density at radius 2 is 2.00 bits per heavy atom. The van der Waals surface area contributed by atoms with E-state index in [4.69, 9.17) is 4.52 Å². The highest BCUT2D eigenvalue weighted by atomic mass is 16.5. The predicted molar refractivity (Wildman–Crippen MR) is 88.3 cm³/mol. The van der Waals surface area contributed by atoms with Crippen molar-refractivity contribution in [3.8, 4) is 11.3 Å². The molecule has 0 aliphatic carbocycles. The lowest BCUT2D eigenvalue weighted by Gasteiger charge is -1.99. The third-order valence-corrected chi connectivity index (χ3v) is 3.70. The predicted octanol–water partition coefficient (Wildman–Crippen LogP) is 4.17. The van der Waals surface area contributed by atoms with Crippen molar-refractivity contribution in [2.24, 2.45) is 0 Å². The molecule has 0 spiro atoms. The van der Waals surface area contributed by atoms with Crippen LogP contribution < -0.4 is 0 Å². The van der Waals surface area contributed by atoms with Crippen molar-refractivity contribution < 1.29 is 9.32 Å². The van der Waals surface area contributed by atoms with Crippen molar-refractivity contribution in [3.05, 3.63) is 71.2 Å². The normalized spacial score (nSPS) is 10.7. The largest absolute Gasteiger partial charge is 0.361 e. The van der Waals surface area contributed by atoms with Crippen molar-refractivity contribution >= 4 is 5.78 Å². The fourth-order valence-corrected chi connectivity index (χ4v) is 2.39. The van der Waals surface area contributed by atoms with Gasteiger partial charge < -0.3 is 4.52 Å². The molecule has 4 heteroatoms. The minimum atomic E-state index is 0.0611. The highest BCUT2D eigenvalue weighted by Gasteiger charge is 2.11. The number of benzene rings is 1.